The smallest absolute Gasteiger partial charge is 0.171 e. The summed E-state index contributed by atoms with van der Waals surface area (Å²) < 4.78 is 18.9. The van der Waals surface area contributed by atoms with E-state index in [1.807, 2.05) is 6.92 Å². The van der Waals surface area contributed by atoms with E-state index in [1.165, 1.54) is 13.2 Å². The molecule has 0 heterocycles. The van der Waals surface area contributed by atoms with Crippen molar-refractivity contribution < 1.29 is 13.9 Å². The van der Waals surface area contributed by atoms with Crippen molar-refractivity contribution in [3.63, 3.8) is 0 Å². The molecular weight excluding hydrogens is 231 g/mol. The lowest BCUT2D eigenvalue weighted by Gasteiger charge is -2.26. The summed E-state index contributed by atoms with van der Waals surface area (Å²) in [5.41, 5.74) is -0.130. The second-order valence-electron chi connectivity index (χ2n) is 5.02. The predicted molar refractivity (Wildman–Crippen MR) is 68.5 cm³/mol. The molecule has 1 aliphatic rings. The zero-order valence-electron chi connectivity index (χ0n) is 11.0. The van der Waals surface area contributed by atoms with Crippen LogP contribution in [-0.2, 0) is 0 Å². The minimum absolute atomic E-state index is 0.0392. The van der Waals surface area contributed by atoms with Gasteiger partial charge in [0.1, 0.15) is 11.6 Å². The summed E-state index contributed by atoms with van der Waals surface area (Å²) in [7, 11) is 1.49. The van der Waals surface area contributed by atoms with Gasteiger partial charge >= 0.3 is 0 Å². The minimum atomic E-state index is -0.473. The first-order valence-electron chi connectivity index (χ1n) is 6.51. The monoisotopic (exact) mass is 250 g/mol. The van der Waals surface area contributed by atoms with Gasteiger partial charge in [-0.3, -0.25) is 4.79 Å². The molecule has 3 heteroatoms. The first-order valence-corrected chi connectivity index (χ1v) is 6.51. The van der Waals surface area contributed by atoms with E-state index >= 15 is 0 Å². The fourth-order valence-corrected chi connectivity index (χ4v) is 2.89. The van der Waals surface area contributed by atoms with Crippen LogP contribution in [0.2, 0.25) is 0 Å². The second kappa shape index (κ2) is 5.09. The van der Waals surface area contributed by atoms with Crippen LogP contribution in [0.15, 0.2) is 18.2 Å². The molecule has 1 fully saturated rings. The standard InChI is InChI=1S/C15H19FO2/c1-3-15(8-4-5-9-15)14(17)12-7-6-11(18-2)10-13(12)16/h6-7,10H,3-5,8-9H2,1-2H3. The number of carbonyl (C=O) groups excluding carboxylic acids is 1. The van der Waals surface area contributed by atoms with Gasteiger partial charge in [-0.2, -0.15) is 0 Å². The van der Waals surface area contributed by atoms with Gasteiger partial charge in [0.2, 0.25) is 0 Å². The van der Waals surface area contributed by atoms with Gasteiger partial charge in [-0.15, -0.1) is 0 Å². The molecule has 0 saturated heterocycles. The molecule has 0 spiro atoms. The Morgan fingerprint density at radius 3 is 2.56 bits per heavy atom. The van der Waals surface area contributed by atoms with Crippen LogP contribution in [0, 0.1) is 11.2 Å². The summed E-state index contributed by atoms with van der Waals surface area (Å²) in [6, 6.07) is 4.48. The van der Waals surface area contributed by atoms with Crippen LogP contribution in [-0.4, -0.2) is 12.9 Å². The number of carbonyl (C=O) groups is 1. The van der Waals surface area contributed by atoms with Crippen LogP contribution in [0.1, 0.15) is 49.4 Å². The molecule has 1 aromatic carbocycles. The third-order valence-corrected chi connectivity index (χ3v) is 4.14. The van der Waals surface area contributed by atoms with Crippen LogP contribution in [0.25, 0.3) is 0 Å². The van der Waals surface area contributed by atoms with E-state index in [0.29, 0.717) is 5.75 Å². The molecule has 1 aromatic rings. The summed E-state index contributed by atoms with van der Waals surface area (Å²) in [5.74, 6) is -0.0669. The number of Topliss-reactive ketones (excluding diaryl/α,β-unsaturated/α-hetero) is 1. The first-order chi connectivity index (χ1) is 8.63. The van der Waals surface area contributed by atoms with Gasteiger partial charge < -0.3 is 4.74 Å². The lowest BCUT2D eigenvalue weighted by molar-refractivity contribution is 0.0786. The van der Waals surface area contributed by atoms with Crippen LogP contribution in [0.4, 0.5) is 4.39 Å². The fraction of sp³-hybridized carbons (Fsp3) is 0.533. The van der Waals surface area contributed by atoms with Gasteiger partial charge in [0.15, 0.2) is 5.78 Å². The Labute approximate surface area is 107 Å². The summed E-state index contributed by atoms with van der Waals surface area (Å²) in [6.07, 6.45) is 4.69. The average molecular weight is 250 g/mol. The largest absolute Gasteiger partial charge is 0.497 e. The molecule has 0 aliphatic heterocycles. The fourth-order valence-electron chi connectivity index (χ4n) is 2.89. The number of benzene rings is 1. The minimum Gasteiger partial charge on any atom is -0.497 e. The molecule has 2 nitrogen and oxygen atoms in total. The number of hydrogen-bond donors (Lipinski definition) is 0. The van der Waals surface area contributed by atoms with Crippen LogP contribution < -0.4 is 4.74 Å². The maximum absolute atomic E-state index is 13.9. The normalized spacial score (nSPS) is 17.7. The lowest BCUT2D eigenvalue weighted by Crippen LogP contribution is -2.28. The zero-order valence-corrected chi connectivity index (χ0v) is 11.0. The number of hydrogen-bond acceptors (Lipinski definition) is 2. The SMILES string of the molecule is CCC1(C(=O)c2ccc(OC)cc2F)CCCC1. The molecular formula is C15H19FO2. The Morgan fingerprint density at radius 2 is 2.06 bits per heavy atom. The molecule has 1 aliphatic carbocycles. The predicted octanol–water partition coefficient (Wildman–Crippen LogP) is 3.99. The quantitative estimate of drug-likeness (QED) is 0.755. The average Bonchev–Trinajstić information content (AvgIpc) is 2.87. The van der Waals surface area contributed by atoms with E-state index in [-0.39, 0.29) is 16.8 Å². The highest BCUT2D eigenvalue weighted by atomic mass is 19.1. The number of ether oxygens (including phenoxy) is 1. The van der Waals surface area contributed by atoms with Gasteiger partial charge in [0.25, 0.3) is 0 Å². The Bertz CT molecular complexity index is 448. The van der Waals surface area contributed by atoms with E-state index in [4.69, 9.17) is 4.74 Å². The zero-order chi connectivity index (χ0) is 13.2. The third-order valence-electron chi connectivity index (χ3n) is 4.14. The van der Waals surface area contributed by atoms with E-state index in [0.717, 1.165) is 32.1 Å². The summed E-state index contributed by atoms with van der Waals surface area (Å²) >= 11 is 0. The van der Waals surface area contributed by atoms with Crippen molar-refractivity contribution in [2.45, 2.75) is 39.0 Å². The summed E-state index contributed by atoms with van der Waals surface area (Å²) in [6.45, 7) is 2.02. The molecule has 0 aromatic heterocycles. The van der Waals surface area contributed by atoms with Gasteiger partial charge in [0.05, 0.1) is 12.7 Å². The molecule has 0 atom stereocenters. The van der Waals surface area contributed by atoms with Crippen molar-refractivity contribution in [3.8, 4) is 5.75 Å². The molecule has 1 saturated carbocycles. The van der Waals surface area contributed by atoms with Crippen LogP contribution >= 0.6 is 0 Å². The maximum Gasteiger partial charge on any atom is 0.171 e. The van der Waals surface area contributed by atoms with E-state index in [2.05, 4.69) is 0 Å². The summed E-state index contributed by atoms with van der Waals surface area (Å²) in [5, 5.41) is 0. The molecule has 0 N–H and O–H groups in total. The van der Waals surface area contributed by atoms with Crippen molar-refractivity contribution in [1.82, 2.24) is 0 Å². The molecule has 0 unspecified atom stereocenters. The topological polar surface area (TPSA) is 26.3 Å². The molecule has 18 heavy (non-hydrogen) atoms. The number of ketones is 1. The molecule has 2 rings (SSSR count). The van der Waals surface area contributed by atoms with Crippen LogP contribution in [0.5, 0.6) is 5.75 Å². The van der Waals surface area contributed by atoms with Gasteiger partial charge in [0, 0.05) is 11.5 Å². The van der Waals surface area contributed by atoms with E-state index in [9.17, 15) is 9.18 Å². The maximum atomic E-state index is 13.9. The Balaban J connectivity index is 2.33. The van der Waals surface area contributed by atoms with Crippen molar-refractivity contribution in [2.24, 2.45) is 5.41 Å². The van der Waals surface area contributed by atoms with Gasteiger partial charge in [-0.1, -0.05) is 19.8 Å². The molecule has 98 valence electrons. The Morgan fingerprint density at radius 1 is 1.39 bits per heavy atom. The Hall–Kier alpha value is -1.38. The van der Waals surface area contributed by atoms with E-state index in [1.54, 1.807) is 12.1 Å². The summed E-state index contributed by atoms with van der Waals surface area (Å²) in [4.78, 5) is 12.5. The highest BCUT2D eigenvalue weighted by Gasteiger charge is 2.40. The second-order valence-corrected chi connectivity index (χ2v) is 5.02. The van der Waals surface area contributed by atoms with E-state index < -0.39 is 5.82 Å². The third kappa shape index (κ3) is 2.14. The first kappa shape index (κ1) is 13.1. The van der Waals surface area contributed by atoms with Crippen LogP contribution in [0.3, 0.4) is 0 Å². The van der Waals surface area contributed by atoms with Crippen molar-refractivity contribution >= 4 is 5.78 Å². The highest BCUT2D eigenvalue weighted by Crippen LogP contribution is 2.44. The molecule has 0 radical (unpaired) electrons. The lowest BCUT2D eigenvalue weighted by atomic mass is 9.76. The molecule has 0 bridgehead atoms. The molecule has 0 amide bonds. The van der Waals surface area contributed by atoms with Gasteiger partial charge in [-0.25, -0.2) is 4.39 Å². The highest BCUT2D eigenvalue weighted by molar-refractivity contribution is 6.01. The van der Waals surface area contributed by atoms with Crippen molar-refractivity contribution in [2.75, 3.05) is 7.11 Å². The number of rotatable bonds is 4. The number of halogens is 1. The van der Waals surface area contributed by atoms with Crippen molar-refractivity contribution in [1.29, 1.82) is 0 Å². The van der Waals surface area contributed by atoms with Gasteiger partial charge in [-0.05, 0) is 31.4 Å². The van der Waals surface area contributed by atoms with Crippen molar-refractivity contribution in [3.05, 3.63) is 29.6 Å². The number of methoxy groups -OCH3 is 1. The Kier molecular flexibility index (Phi) is 3.69.